The van der Waals surface area contributed by atoms with Gasteiger partial charge in [0.25, 0.3) is 0 Å². The number of nitrogens with two attached hydrogens (primary N) is 1. The van der Waals surface area contributed by atoms with E-state index in [9.17, 15) is 9.59 Å². The molecule has 5 aromatic rings. The van der Waals surface area contributed by atoms with Crippen LogP contribution in [0, 0.1) is 6.92 Å². The second kappa shape index (κ2) is 10.9. The van der Waals surface area contributed by atoms with Crippen LogP contribution in [0.1, 0.15) is 68.9 Å². The standard InChI is InChI=1S/C21H20N2O.C13H12N2O/c1-14-7-2-3-8-15(14)13-22-21-16-9-4-5-10-17(16)23-18-11-6-12-19(24)20(18)21;14-13-8-4-1-2-5-9(8)15-10-6-3-7-11(16)12(10)13/h2-5,7-10H,6,11-13H2,1H3,(H,22,23);1-2,4-5H,3,6-7H2,(H2,14,15). The highest BCUT2D eigenvalue weighted by Crippen LogP contribution is 2.34. The van der Waals surface area contributed by atoms with Gasteiger partial charge in [-0.25, -0.2) is 0 Å². The maximum absolute atomic E-state index is 12.5. The molecule has 0 spiro atoms. The first-order chi connectivity index (χ1) is 19.5. The van der Waals surface area contributed by atoms with Gasteiger partial charge in [-0.15, -0.1) is 0 Å². The molecule has 2 aliphatic rings. The average molecular weight is 529 g/mol. The highest BCUT2D eigenvalue weighted by molar-refractivity contribution is 6.10. The number of hydrogen-bond donors (Lipinski definition) is 2. The van der Waals surface area contributed by atoms with Gasteiger partial charge >= 0.3 is 0 Å². The van der Waals surface area contributed by atoms with Crippen molar-refractivity contribution >= 4 is 44.7 Å². The van der Waals surface area contributed by atoms with E-state index in [4.69, 9.17) is 10.7 Å². The number of nitrogens with zero attached hydrogens (tertiary/aromatic N) is 2. The summed E-state index contributed by atoms with van der Waals surface area (Å²) >= 11 is 0. The molecule has 0 bridgehead atoms. The van der Waals surface area contributed by atoms with E-state index in [-0.39, 0.29) is 11.6 Å². The molecule has 6 nitrogen and oxygen atoms in total. The quantitative estimate of drug-likeness (QED) is 0.261. The summed E-state index contributed by atoms with van der Waals surface area (Å²) in [6, 6.07) is 24.1. The van der Waals surface area contributed by atoms with Crippen LogP contribution in [0.4, 0.5) is 11.4 Å². The van der Waals surface area contributed by atoms with Gasteiger partial charge in [0.05, 0.1) is 44.9 Å². The van der Waals surface area contributed by atoms with Crippen LogP contribution < -0.4 is 11.1 Å². The number of benzene rings is 3. The number of aryl methyl sites for hydroxylation is 3. The number of carbonyl (C=O) groups is 2. The van der Waals surface area contributed by atoms with E-state index in [2.05, 4.69) is 35.4 Å². The second-order valence-electron chi connectivity index (χ2n) is 10.5. The lowest BCUT2D eigenvalue weighted by molar-refractivity contribution is 0.0964. The first-order valence-electron chi connectivity index (χ1n) is 13.9. The second-order valence-corrected chi connectivity index (χ2v) is 10.5. The molecule has 0 aliphatic heterocycles. The largest absolute Gasteiger partial charge is 0.398 e. The number of hydrogen-bond acceptors (Lipinski definition) is 6. The van der Waals surface area contributed by atoms with Crippen LogP contribution in [0.3, 0.4) is 0 Å². The lowest BCUT2D eigenvalue weighted by Gasteiger charge is -2.21. The van der Waals surface area contributed by atoms with E-state index in [0.29, 0.717) is 30.6 Å². The minimum absolute atomic E-state index is 0.136. The Hall–Kier alpha value is -4.58. The van der Waals surface area contributed by atoms with Crippen molar-refractivity contribution in [2.24, 2.45) is 0 Å². The van der Waals surface area contributed by atoms with Crippen molar-refractivity contribution in [3.8, 4) is 0 Å². The molecule has 2 heterocycles. The summed E-state index contributed by atoms with van der Waals surface area (Å²) in [5.41, 5.74) is 15.2. The van der Waals surface area contributed by atoms with E-state index in [0.717, 1.165) is 70.1 Å². The number of carbonyl (C=O) groups excluding carboxylic acids is 2. The molecule has 7 rings (SSSR count). The molecule has 0 atom stereocenters. The van der Waals surface area contributed by atoms with Crippen LogP contribution >= 0.6 is 0 Å². The van der Waals surface area contributed by atoms with Crippen LogP contribution in [0.15, 0.2) is 72.8 Å². The Bertz CT molecular complexity index is 1780. The van der Waals surface area contributed by atoms with Crippen molar-refractivity contribution in [1.82, 2.24) is 9.97 Å². The Labute approximate surface area is 233 Å². The van der Waals surface area contributed by atoms with Gasteiger partial charge in [-0.2, -0.15) is 0 Å². The molecule has 0 unspecified atom stereocenters. The summed E-state index contributed by atoms with van der Waals surface area (Å²) in [5.74, 6) is 0.346. The fourth-order valence-electron chi connectivity index (χ4n) is 5.78. The lowest BCUT2D eigenvalue weighted by Crippen LogP contribution is -2.17. The van der Waals surface area contributed by atoms with Crippen LogP contribution in [-0.2, 0) is 19.4 Å². The SMILES string of the molecule is Cc1ccccc1CNc1c2c(nc3ccccc13)CCCC2=O.Nc1c2c(nc3ccccc13)CCCC2=O. The maximum atomic E-state index is 12.5. The van der Waals surface area contributed by atoms with E-state index >= 15 is 0 Å². The zero-order chi connectivity index (χ0) is 27.6. The molecule has 0 amide bonds. The molecule has 2 aromatic heterocycles. The van der Waals surface area contributed by atoms with Crippen LogP contribution in [0.2, 0.25) is 0 Å². The summed E-state index contributed by atoms with van der Waals surface area (Å²) in [7, 11) is 0. The van der Waals surface area contributed by atoms with Gasteiger partial charge in [-0.3, -0.25) is 19.6 Å². The van der Waals surface area contributed by atoms with Crippen LogP contribution in [0.25, 0.3) is 21.8 Å². The van der Waals surface area contributed by atoms with Gasteiger partial charge in [0.2, 0.25) is 0 Å². The van der Waals surface area contributed by atoms with Gasteiger partial charge in [-0.05, 0) is 55.9 Å². The molecule has 2 aliphatic carbocycles. The minimum Gasteiger partial charge on any atom is -0.398 e. The van der Waals surface area contributed by atoms with Crippen molar-refractivity contribution in [2.75, 3.05) is 11.1 Å². The third-order valence-electron chi connectivity index (χ3n) is 7.88. The molecule has 0 radical (unpaired) electrons. The number of rotatable bonds is 3. The first kappa shape index (κ1) is 25.7. The Morgan fingerprint density at radius 1 is 0.700 bits per heavy atom. The third-order valence-corrected chi connectivity index (χ3v) is 7.88. The zero-order valence-electron chi connectivity index (χ0n) is 22.7. The Kier molecular flexibility index (Phi) is 6.99. The average Bonchev–Trinajstić information content (AvgIpc) is 2.97. The summed E-state index contributed by atoms with van der Waals surface area (Å²) in [5, 5.41) is 5.46. The molecule has 0 saturated carbocycles. The van der Waals surface area contributed by atoms with Gasteiger partial charge in [-0.1, -0.05) is 60.7 Å². The fourth-order valence-corrected chi connectivity index (χ4v) is 5.78. The molecular formula is C34H32N4O2. The molecule has 0 saturated heterocycles. The van der Waals surface area contributed by atoms with Gasteiger partial charge in [0, 0.05) is 30.2 Å². The number of pyridine rings is 2. The van der Waals surface area contributed by atoms with Crippen molar-refractivity contribution in [3.63, 3.8) is 0 Å². The monoisotopic (exact) mass is 528 g/mol. The first-order valence-corrected chi connectivity index (χ1v) is 13.9. The van der Waals surface area contributed by atoms with E-state index in [1.54, 1.807) is 0 Å². The molecular weight excluding hydrogens is 496 g/mol. The number of Topliss-reactive ketones (excluding diaryl/α,β-unsaturated/α-hetero) is 2. The van der Waals surface area contributed by atoms with Gasteiger partial charge in [0.1, 0.15) is 0 Å². The number of nitrogen functional groups attached to an aromatic ring is 1. The van der Waals surface area contributed by atoms with Crippen molar-refractivity contribution in [3.05, 3.63) is 106 Å². The van der Waals surface area contributed by atoms with Gasteiger partial charge in [0.15, 0.2) is 11.6 Å². The zero-order valence-corrected chi connectivity index (χ0v) is 22.7. The summed E-state index contributed by atoms with van der Waals surface area (Å²) < 4.78 is 0. The molecule has 200 valence electrons. The van der Waals surface area contributed by atoms with Crippen molar-refractivity contribution in [1.29, 1.82) is 0 Å². The highest BCUT2D eigenvalue weighted by atomic mass is 16.1. The number of fused-ring (bicyclic) bond motifs is 4. The van der Waals surface area contributed by atoms with Crippen molar-refractivity contribution < 1.29 is 9.59 Å². The number of nitrogens with one attached hydrogen (secondary N) is 1. The lowest BCUT2D eigenvalue weighted by atomic mass is 9.91. The van der Waals surface area contributed by atoms with Crippen LogP contribution in [0.5, 0.6) is 0 Å². The maximum Gasteiger partial charge on any atom is 0.166 e. The number of aromatic nitrogens is 2. The highest BCUT2D eigenvalue weighted by Gasteiger charge is 2.25. The molecule has 40 heavy (non-hydrogen) atoms. The van der Waals surface area contributed by atoms with Crippen molar-refractivity contribution in [2.45, 2.75) is 52.0 Å². The van der Waals surface area contributed by atoms with E-state index < -0.39 is 0 Å². The summed E-state index contributed by atoms with van der Waals surface area (Å²) in [4.78, 5) is 33.6. The van der Waals surface area contributed by atoms with Crippen LogP contribution in [-0.4, -0.2) is 21.5 Å². The van der Waals surface area contributed by atoms with Gasteiger partial charge < -0.3 is 11.1 Å². The topological polar surface area (TPSA) is 98.0 Å². The molecule has 3 aromatic carbocycles. The third kappa shape index (κ3) is 4.81. The number of ketones is 2. The molecule has 3 N–H and O–H groups in total. The number of anilines is 2. The Morgan fingerprint density at radius 2 is 1.25 bits per heavy atom. The van der Waals surface area contributed by atoms with E-state index in [1.165, 1.54) is 11.1 Å². The fraction of sp³-hybridized carbons (Fsp3) is 0.235. The smallest absolute Gasteiger partial charge is 0.166 e. The molecule has 6 heteroatoms. The minimum atomic E-state index is 0.136. The summed E-state index contributed by atoms with van der Waals surface area (Å²) in [6.07, 6.45) is 4.73. The Balaban J connectivity index is 0.000000157. The Morgan fingerprint density at radius 3 is 1.95 bits per heavy atom. The summed E-state index contributed by atoms with van der Waals surface area (Å²) in [6.45, 7) is 2.82. The predicted octanol–water partition coefficient (Wildman–Crippen LogP) is 7.01. The van der Waals surface area contributed by atoms with E-state index in [1.807, 2.05) is 54.6 Å². The normalized spacial score (nSPS) is 14.3. The molecule has 0 fully saturated rings. The predicted molar refractivity (Wildman–Crippen MR) is 161 cm³/mol. The number of para-hydroxylation sites is 2.